The SMILES string of the molecule is C[Si](C)(C)n1c(O)ccc1O. The molecule has 1 heterocycles. The first-order valence-electron chi connectivity index (χ1n) is 3.53. The molecule has 11 heavy (non-hydrogen) atoms. The minimum atomic E-state index is -1.65. The molecule has 2 N–H and O–H groups in total. The van der Waals surface area contributed by atoms with E-state index in [9.17, 15) is 10.2 Å². The number of rotatable bonds is 1. The molecule has 4 heteroatoms. The van der Waals surface area contributed by atoms with Crippen LogP contribution in [0.3, 0.4) is 0 Å². The second-order valence-electron chi connectivity index (χ2n) is 3.56. The fourth-order valence-electron chi connectivity index (χ4n) is 1.10. The van der Waals surface area contributed by atoms with Crippen molar-refractivity contribution >= 4 is 8.24 Å². The van der Waals surface area contributed by atoms with Gasteiger partial charge in [-0.3, -0.25) is 0 Å². The quantitative estimate of drug-likeness (QED) is 0.630. The summed E-state index contributed by atoms with van der Waals surface area (Å²) >= 11 is 0. The van der Waals surface area contributed by atoms with E-state index >= 15 is 0 Å². The fourth-order valence-corrected chi connectivity index (χ4v) is 2.63. The monoisotopic (exact) mass is 171 g/mol. The Morgan fingerprint density at radius 2 is 1.45 bits per heavy atom. The van der Waals surface area contributed by atoms with Gasteiger partial charge in [0.25, 0.3) is 0 Å². The minimum Gasteiger partial charge on any atom is -0.495 e. The Balaban J connectivity index is 3.21. The van der Waals surface area contributed by atoms with Gasteiger partial charge in [-0.2, -0.15) is 0 Å². The molecule has 0 aliphatic rings. The molecule has 0 bridgehead atoms. The average Bonchev–Trinajstić information content (AvgIpc) is 2.08. The highest BCUT2D eigenvalue weighted by atomic mass is 28.3. The molecule has 0 aliphatic carbocycles. The summed E-state index contributed by atoms with van der Waals surface area (Å²) in [6.45, 7) is 6.14. The molecule has 3 nitrogen and oxygen atoms in total. The van der Waals surface area contributed by atoms with Gasteiger partial charge in [0.05, 0.1) is 0 Å². The van der Waals surface area contributed by atoms with E-state index in [0.29, 0.717) is 0 Å². The van der Waals surface area contributed by atoms with Crippen LogP contribution >= 0.6 is 0 Å². The Hall–Kier alpha value is -0.903. The molecule has 0 atom stereocenters. The number of aromatic nitrogens is 1. The first kappa shape index (κ1) is 8.20. The zero-order chi connectivity index (χ0) is 8.65. The lowest BCUT2D eigenvalue weighted by molar-refractivity contribution is 0.409. The van der Waals surface area contributed by atoms with Crippen LogP contribution in [0.15, 0.2) is 12.1 Å². The zero-order valence-electron chi connectivity index (χ0n) is 7.00. The van der Waals surface area contributed by atoms with Crippen molar-refractivity contribution in [1.82, 2.24) is 4.23 Å². The Bertz CT molecular complexity index is 242. The Morgan fingerprint density at radius 1 is 1.09 bits per heavy atom. The molecule has 0 spiro atoms. The Kier molecular flexibility index (Phi) is 1.71. The number of nitrogens with zero attached hydrogens (tertiary/aromatic N) is 1. The Labute approximate surface area is 67.0 Å². The van der Waals surface area contributed by atoms with Gasteiger partial charge >= 0.3 is 0 Å². The van der Waals surface area contributed by atoms with Crippen LogP contribution in [0.5, 0.6) is 11.8 Å². The maximum absolute atomic E-state index is 9.30. The summed E-state index contributed by atoms with van der Waals surface area (Å²) in [6, 6.07) is 3.02. The number of hydrogen-bond donors (Lipinski definition) is 2. The second-order valence-corrected chi connectivity index (χ2v) is 8.34. The lowest BCUT2D eigenvalue weighted by Crippen LogP contribution is -2.30. The molecule has 0 aromatic carbocycles. The third kappa shape index (κ3) is 1.40. The van der Waals surface area contributed by atoms with Gasteiger partial charge in [0.2, 0.25) is 0 Å². The van der Waals surface area contributed by atoms with Crippen LogP contribution in [0.25, 0.3) is 0 Å². The molecule has 0 saturated heterocycles. The van der Waals surface area contributed by atoms with Crippen LogP contribution < -0.4 is 0 Å². The summed E-state index contributed by atoms with van der Waals surface area (Å²) in [5.74, 6) is 0.309. The summed E-state index contributed by atoms with van der Waals surface area (Å²) in [5, 5.41) is 18.6. The van der Waals surface area contributed by atoms with Crippen LogP contribution in [0, 0.1) is 0 Å². The molecular weight excluding hydrogens is 158 g/mol. The van der Waals surface area contributed by atoms with Crippen molar-refractivity contribution in [2.75, 3.05) is 0 Å². The van der Waals surface area contributed by atoms with Crippen molar-refractivity contribution < 1.29 is 10.2 Å². The molecule has 0 saturated carbocycles. The lowest BCUT2D eigenvalue weighted by atomic mass is 10.6. The van der Waals surface area contributed by atoms with Crippen molar-refractivity contribution in [3.05, 3.63) is 12.1 Å². The third-order valence-corrected chi connectivity index (χ3v) is 3.31. The maximum Gasteiger partial charge on any atom is 0.185 e. The number of hydrogen-bond acceptors (Lipinski definition) is 2. The first-order valence-corrected chi connectivity index (χ1v) is 6.98. The van der Waals surface area contributed by atoms with E-state index in [1.165, 1.54) is 12.1 Å². The molecule has 62 valence electrons. The largest absolute Gasteiger partial charge is 0.495 e. The summed E-state index contributed by atoms with van der Waals surface area (Å²) in [4.78, 5) is 0. The minimum absolute atomic E-state index is 0.154. The molecule has 1 aromatic heterocycles. The molecule has 0 unspecified atom stereocenters. The van der Waals surface area contributed by atoms with Crippen molar-refractivity contribution in [3.63, 3.8) is 0 Å². The van der Waals surface area contributed by atoms with E-state index in [-0.39, 0.29) is 11.8 Å². The van der Waals surface area contributed by atoms with Crippen molar-refractivity contribution in [1.29, 1.82) is 0 Å². The summed E-state index contributed by atoms with van der Waals surface area (Å²) < 4.78 is 1.60. The standard InChI is InChI=1S/C7H13NO2Si/c1-11(2,3)8-6(9)4-5-7(8)10/h4-5,9-10H,1-3H3. The Morgan fingerprint density at radius 3 is 1.64 bits per heavy atom. The molecular formula is C7H13NO2Si. The van der Waals surface area contributed by atoms with E-state index in [1.54, 1.807) is 4.23 Å². The van der Waals surface area contributed by atoms with Gasteiger partial charge in [-0.05, 0) is 0 Å². The zero-order valence-corrected chi connectivity index (χ0v) is 8.00. The van der Waals surface area contributed by atoms with Crippen molar-refractivity contribution in [3.8, 4) is 11.8 Å². The molecule has 1 aromatic rings. The molecule has 0 amide bonds. The maximum atomic E-state index is 9.30. The van der Waals surface area contributed by atoms with Gasteiger partial charge in [0.1, 0.15) is 0 Å². The van der Waals surface area contributed by atoms with E-state index in [0.717, 1.165) is 0 Å². The molecule has 0 fully saturated rings. The van der Waals surface area contributed by atoms with E-state index in [1.807, 2.05) is 19.6 Å². The predicted molar refractivity (Wildman–Crippen MR) is 46.5 cm³/mol. The fraction of sp³-hybridized carbons (Fsp3) is 0.429. The molecule has 0 radical (unpaired) electrons. The van der Waals surface area contributed by atoms with Crippen molar-refractivity contribution in [2.45, 2.75) is 19.6 Å². The van der Waals surface area contributed by atoms with Crippen LogP contribution in [-0.2, 0) is 0 Å². The highest BCUT2D eigenvalue weighted by Gasteiger charge is 2.21. The highest BCUT2D eigenvalue weighted by molar-refractivity contribution is 6.75. The summed E-state index contributed by atoms with van der Waals surface area (Å²) in [7, 11) is -1.65. The molecule has 0 aliphatic heterocycles. The van der Waals surface area contributed by atoms with Gasteiger partial charge in [-0.1, -0.05) is 19.6 Å². The van der Waals surface area contributed by atoms with Crippen LogP contribution in [0.4, 0.5) is 0 Å². The predicted octanol–water partition coefficient (Wildman–Crippen LogP) is 1.58. The average molecular weight is 171 g/mol. The van der Waals surface area contributed by atoms with Crippen molar-refractivity contribution in [2.24, 2.45) is 0 Å². The topological polar surface area (TPSA) is 45.4 Å². The normalized spacial score (nSPS) is 11.9. The van der Waals surface area contributed by atoms with E-state index in [4.69, 9.17) is 0 Å². The number of aromatic hydroxyl groups is 2. The molecule has 1 rings (SSSR count). The van der Waals surface area contributed by atoms with E-state index < -0.39 is 8.24 Å². The van der Waals surface area contributed by atoms with Gasteiger partial charge in [-0.25, -0.2) is 0 Å². The summed E-state index contributed by atoms with van der Waals surface area (Å²) in [5.41, 5.74) is 0. The smallest absolute Gasteiger partial charge is 0.185 e. The third-order valence-electron chi connectivity index (χ3n) is 1.51. The van der Waals surface area contributed by atoms with Gasteiger partial charge < -0.3 is 14.4 Å². The van der Waals surface area contributed by atoms with E-state index in [2.05, 4.69) is 0 Å². The van der Waals surface area contributed by atoms with Gasteiger partial charge in [-0.15, -0.1) is 0 Å². The van der Waals surface area contributed by atoms with Crippen LogP contribution in [-0.4, -0.2) is 22.7 Å². The highest BCUT2D eigenvalue weighted by Crippen LogP contribution is 2.25. The van der Waals surface area contributed by atoms with Crippen LogP contribution in [0.1, 0.15) is 0 Å². The first-order chi connectivity index (χ1) is 4.93. The van der Waals surface area contributed by atoms with Crippen LogP contribution in [0.2, 0.25) is 19.6 Å². The lowest BCUT2D eigenvalue weighted by Gasteiger charge is -2.20. The van der Waals surface area contributed by atoms with Gasteiger partial charge in [0.15, 0.2) is 20.0 Å². The summed E-state index contributed by atoms with van der Waals surface area (Å²) in [6.07, 6.45) is 0. The van der Waals surface area contributed by atoms with Gasteiger partial charge in [0, 0.05) is 12.1 Å². The second kappa shape index (κ2) is 2.30.